The molecule has 1 aromatic rings. The Morgan fingerprint density at radius 3 is 3.07 bits per heavy atom. The topological polar surface area (TPSA) is 15.3 Å². The highest BCUT2D eigenvalue weighted by atomic mass is 35.5. The van der Waals surface area contributed by atoms with Gasteiger partial charge in [-0.05, 0) is 38.6 Å². The van der Waals surface area contributed by atoms with Crippen LogP contribution in [-0.4, -0.2) is 31.1 Å². The molecule has 1 N–H and O–H groups in total. The van der Waals surface area contributed by atoms with E-state index in [1.165, 1.54) is 24.3 Å². The van der Waals surface area contributed by atoms with Crippen molar-refractivity contribution >= 4 is 22.9 Å². The van der Waals surface area contributed by atoms with Crippen LogP contribution in [0.2, 0.25) is 4.34 Å². The van der Waals surface area contributed by atoms with Crippen LogP contribution in [0.4, 0.5) is 0 Å². The summed E-state index contributed by atoms with van der Waals surface area (Å²) in [5.74, 6) is 0. The second-order valence-electron chi connectivity index (χ2n) is 4.20. The number of nitrogens with zero attached hydrogens (tertiary/aromatic N) is 1. The third kappa shape index (κ3) is 3.45. The largest absolute Gasteiger partial charge is 0.313 e. The van der Waals surface area contributed by atoms with Gasteiger partial charge in [-0.15, -0.1) is 11.3 Å². The van der Waals surface area contributed by atoms with Gasteiger partial charge in [0.25, 0.3) is 0 Å². The molecule has 0 bridgehead atoms. The monoisotopic (exact) mass is 244 g/mol. The van der Waals surface area contributed by atoms with Crippen LogP contribution in [0.15, 0.2) is 12.1 Å². The Hall–Kier alpha value is -0.0900. The Labute approximate surface area is 100 Å². The number of hydrogen-bond donors (Lipinski definition) is 1. The lowest BCUT2D eigenvalue weighted by atomic mass is 10.2. The van der Waals surface area contributed by atoms with E-state index in [2.05, 4.69) is 23.3 Å². The second kappa shape index (κ2) is 5.30. The van der Waals surface area contributed by atoms with Crippen molar-refractivity contribution in [3.05, 3.63) is 21.3 Å². The summed E-state index contributed by atoms with van der Waals surface area (Å²) >= 11 is 7.58. The van der Waals surface area contributed by atoms with Gasteiger partial charge in [-0.2, -0.15) is 0 Å². The first-order valence-corrected chi connectivity index (χ1v) is 6.59. The summed E-state index contributed by atoms with van der Waals surface area (Å²) in [6.45, 7) is 3.33. The van der Waals surface area contributed by atoms with Crippen LogP contribution in [0.1, 0.15) is 17.7 Å². The lowest BCUT2D eigenvalue weighted by Crippen LogP contribution is -2.34. The molecule has 0 amide bonds. The van der Waals surface area contributed by atoms with E-state index in [1.54, 1.807) is 11.3 Å². The first kappa shape index (κ1) is 11.4. The number of rotatable bonds is 4. The quantitative estimate of drug-likeness (QED) is 0.876. The second-order valence-corrected chi connectivity index (χ2v) is 6.00. The molecule has 4 heteroatoms. The molecule has 2 nitrogen and oxygen atoms in total. The molecule has 0 aromatic carbocycles. The van der Waals surface area contributed by atoms with E-state index < -0.39 is 0 Å². The van der Waals surface area contributed by atoms with Gasteiger partial charge in [0.1, 0.15) is 0 Å². The molecule has 0 unspecified atom stereocenters. The summed E-state index contributed by atoms with van der Waals surface area (Å²) < 4.78 is 0.886. The van der Waals surface area contributed by atoms with Crippen LogP contribution in [-0.2, 0) is 6.54 Å². The van der Waals surface area contributed by atoms with Gasteiger partial charge in [0.2, 0.25) is 0 Å². The van der Waals surface area contributed by atoms with Crippen LogP contribution >= 0.6 is 22.9 Å². The van der Waals surface area contributed by atoms with Crippen molar-refractivity contribution in [1.29, 1.82) is 0 Å². The van der Waals surface area contributed by atoms with E-state index in [-0.39, 0.29) is 0 Å². The summed E-state index contributed by atoms with van der Waals surface area (Å²) in [6, 6.07) is 4.78. The maximum atomic E-state index is 5.90. The molecule has 1 aliphatic heterocycles. The first-order chi connectivity index (χ1) is 7.24. The highest BCUT2D eigenvalue weighted by Crippen LogP contribution is 2.22. The van der Waals surface area contributed by atoms with Crippen molar-refractivity contribution in [2.24, 2.45) is 0 Å². The van der Waals surface area contributed by atoms with E-state index in [1.807, 2.05) is 6.07 Å². The fourth-order valence-electron chi connectivity index (χ4n) is 2.06. The molecule has 1 aliphatic rings. The highest BCUT2D eigenvalue weighted by molar-refractivity contribution is 7.16. The Morgan fingerprint density at radius 2 is 2.47 bits per heavy atom. The predicted octanol–water partition coefficient (Wildman–Crippen LogP) is 2.59. The summed E-state index contributed by atoms with van der Waals surface area (Å²) in [6.07, 6.45) is 2.64. The average Bonchev–Trinajstić information content (AvgIpc) is 2.77. The zero-order chi connectivity index (χ0) is 10.7. The third-order valence-electron chi connectivity index (χ3n) is 2.75. The molecule has 1 saturated heterocycles. The molecule has 15 heavy (non-hydrogen) atoms. The van der Waals surface area contributed by atoms with Crippen molar-refractivity contribution in [2.75, 3.05) is 20.1 Å². The molecule has 0 aliphatic carbocycles. The molecular weight excluding hydrogens is 228 g/mol. The van der Waals surface area contributed by atoms with Crippen LogP contribution in [0.3, 0.4) is 0 Å². The smallest absolute Gasteiger partial charge is 0.0931 e. The summed E-state index contributed by atoms with van der Waals surface area (Å²) in [5.41, 5.74) is 0. The summed E-state index contributed by atoms with van der Waals surface area (Å²) in [4.78, 5) is 3.71. The minimum atomic E-state index is 0.686. The zero-order valence-corrected chi connectivity index (χ0v) is 10.6. The molecule has 1 aromatic heterocycles. The van der Waals surface area contributed by atoms with Crippen molar-refractivity contribution in [3.63, 3.8) is 0 Å². The number of halogens is 1. The number of likely N-dealkylation sites (N-methyl/N-ethyl adjacent to an activating group) is 1. The summed E-state index contributed by atoms with van der Waals surface area (Å²) in [5, 5.41) is 3.51. The Kier molecular flexibility index (Phi) is 4.03. The Morgan fingerprint density at radius 1 is 1.60 bits per heavy atom. The van der Waals surface area contributed by atoms with E-state index in [9.17, 15) is 0 Å². The molecule has 0 radical (unpaired) electrons. The van der Waals surface area contributed by atoms with Crippen LogP contribution in [0, 0.1) is 0 Å². The number of nitrogens with one attached hydrogen (secondary N) is 1. The van der Waals surface area contributed by atoms with Crippen molar-refractivity contribution < 1.29 is 0 Å². The maximum absolute atomic E-state index is 5.90. The Bertz CT molecular complexity index is 307. The zero-order valence-electron chi connectivity index (χ0n) is 9.00. The molecule has 84 valence electrons. The molecule has 0 saturated carbocycles. The normalized spacial score (nSPS) is 21.4. The van der Waals surface area contributed by atoms with E-state index in [0.29, 0.717) is 6.04 Å². The van der Waals surface area contributed by atoms with Crippen molar-refractivity contribution in [3.8, 4) is 0 Å². The van der Waals surface area contributed by atoms with E-state index >= 15 is 0 Å². The van der Waals surface area contributed by atoms with Gasteiger partial charge in [0.05, 0.1) is 4.34 Å². The molecule has 2 heterocycles. The summed E-state index contributed by atoms with van der Waals surface area (Å²) in [7, 11) is 2.17. The van der Waals surface area contributed by atoms with Crippen molar-refractivity contribution in [2.45, 2.75) is 25.4 Å². The van der Waals surface area contributed by atoms with Gasteiger partial charge in [-0.25, -0.2) is 0 Å². The molecule has 0 spiro atoms. The van der Waals surface area contributed by atoms with Crippen LogP contribution in [0.5, 0.6) is 0 Å². The first-order valence-electron chi connectivity index (χ1n) is 5.40. The standard InChI is InChI=1S/C11H17ClN2S/c1-14(7-9-3-2-6-13-9)8-10-4-5-11(12)15-10/h4-5,9,13H,2-3,6-8H2,1H3/t9-/m1/s1. The molecule has 1 fully saturated rings. The van der Waals surface area contributed by atoms with E-state index in [0.717, 1.165) is 17.4 Å². The van der Waals surface area contributed by atoms with Crippen LogP contribution in [0.25, 0.3) is 0 Å². The fraction of sp³-hybridized carbons (Fsp3) is 0.636. The Balaban J connectivity index is 1.78. The van der Waals surface area contributed by atoms with Gasteiger partial charge >= 0.3 is 0 Å². The van der Waals surface area contributed by atoms with Crippen molar-refractivity contribution in [1.82, 2.24) is 10.2 Å². The number of hydrogen-bond acceptors (Lipinski definition) is 3. The SMILES string of the molecule is CN(Cc1ccc(Cl)s1)C[C@H]1CCCN1. The van der Waals surface area contributed by atoms with Gasteiger partial charge in [-0.1, -0.05) is 11.6 Å². The third-order valence-corrected chi connectivity index (χ3v) is 3.96. The lowest BCUT2D eigenvalue weighted by molar-refractivity contribution is 0.295. The maximum Gasteiger partial charge on any atom is 0.0931 e. The van der Waals surface area contributed by atoms with Gasteiger partial charge < -0.3 is 5.32 Å². The minimum absolute atomic E-state index is 0.686. The highest BCUT2D eigenvalue weighted by Gasteiger charge is 2.16. The van der Waals surface area contributed by atoms with Gasteiger partial charge in [0.15, 0.2) is 0 Å². The molecule has 2 rings (SSSR count). The predicted molar refractivity (Wildman–Crippen MR) is 66.7 cm³/mol. The minimum Gasteiger partial charge on any atom is -0.313 e. The fourth-order valence-corrected chi connectivity index (χ4v) is 3.22. The molecular formula is C11H17ClN2S. The lowest BCUT2D eigenvalue weighted by Gasteiger charge is -2.20. The van der Waals surface area contributed by atoms with Crippen LogP contribution < -0.4 is 5.32 Å². The van der Waals surface area contributed by atoms with Gasteiger partial charge in [0, 0.05) is 24.0 Å². The average molecular weight is 245 g/mol. The van der Waals surface area contributed by atoms with Gasteiger partial charge in [-0.3, -0.25) is 4.90 Å². The number of thiophene rings is 1. The van der Waals surface area contributed by atoms with E-state index in [4.69, 9.17) is 11.6 Å². The molecule has 1 atom stereocenters.